The molecule has 162 valence electrons. The normalized spacial score (nSPS) is 26.3. The molecule has 2 aromatic rings. The van der Waals surface area contributed by atoms with E-state index in [0.29, 0.717) is 12.1 Å². The largest absolute Gasteiger partial charge is 0.494 e. The minimum absolute atomic E-state index is 0.333. The number of piperidine rings is 1. The van der Waals surface area contributed by atoms with Crippen molar-refractivity contribution in [2.75, 3.05) is 13.2 Å². The van der Waals surface area contributed by atoms with E-state index in [1.807, 2.05) is 0 Å². The van der Waals surface area contributed by atoms with Gasteiger partial charge in [-0.2, -0.15) is 0 Å². The Labute approximate surface area is 182 Å². The molecule has 0 bridgehead atoms. The third-order valence-electron chi connectivity index (χ3n) is 7.36. The van der Waals surface area contributed by atoms with Crippen molar-refractivity contribution in [2.24, 2.45) is 0 Å². The van der Waals surface area contributed by atoms with Crippen molar-refractivity contribution in [1.82, 2.24) is 4.90 Å². The number of nitrogens with zero attached hydrogens (tertiary/aromatic N) is 1. The van der Waals surface area contributed by atoms with Gasteiger partial charge in [0.2, 0.25) is 0 Å². The Morgan fingerprint density at radius 1 is 0.933 bits per heavy atom. The molecule has 2 atom stereocenters. The van der Waals surface area contributed by atoms with Crippen LogP contribution in [0.5, 0.6) is 5.75 Å². The molecular formula is C25H36BNO3. The Hall–Kier alpha value is -1.56. The first-order valence-corrected chi connectivity index (χ1v) is 11.4. The van der Waals surface area contributed by atoms with E-state index in [1.54, 1.807) is 0 Å². The quantitative estimate of drug-likeness (QED) is 0.665. The molecule has 2 aromatic carbocycles. The number of likely N-dealkylation sites (tertiary alicyclic amines) is 1. The molecule has 0 radical (unpaired) electrons. The first kappa shape index (κ1) is 21.7. The average Bonchev–Trinajstić information content (AvgIpc) is 2.91. The van der Waals surface area contributed by atoms with Crippen LogP contribution in [0, 0.1) is 0 Å². The number of benzene rings is 2. The molecule has 0 N–H and O–H groups in total. The van der Waals surface area contributed by atoms with Gasteiger partial charge in [0.1, 0.15) is 12.4 Å². The molecule has 2 aliphatic rings. The van der Waals surface area contributed by atoms with Crippen molar-refractivity contribution in [1.29, 1.82) is 0 Å². The second kappa shape index (κ2) is 8.18. The van der Waals surface area contributed by atoms with Gasteiger partial charge in [-0.25, -0.2) is 0 Å². The van der Waals surface area contributed by atoms with Gasteiger partial charge in [-0.1, -0.05) is 30.7 Å². The standard InChI is InChI=1S/C25H36BNO3/c1-18-8-7-9-19(2)27(18)14-15-28-23-13-11-20-10-12-22(16-21(20)17-23)26-29-24(3,4)25(5,6)30-26/h10-13,16-19H,7-9,14-15H2,1-6H3. The fourth-order valence-corrected chi connectivity index (χ4v) is 4.64. The number of hydrogen-bond donors (Lipinski definition) is 0. The molecule has 2 aliphatic heterocycles. The number of rotatable bonds is 5. The summed E-state index contributed by atoms with van der Waals surface area (Å²) in [4.78, 5) is 2.58. The third-order valence-corrected chi connectivity index (χ3v) is 7.36. The summed E-state index contributed by atoms with van der Waals surface area (Å²) >= 11 is 0. The Bertz CT molecular complexity index is 871. The lowest BCUT2D eigenvalue weighted by molar-refractivity contribution is 0.00578. The minimum Gasteiger partial charge on any atom is -0.492 e. The molecular weight excluding hydrogens is 373 g/mol. The Morgan fingerprint density at radius 2 is 1.57 bits per heavy atom. The van der Waals surface area contributed by atoms with Crippen LogP contribution in [0.15, 0.2) is 36.4 Å². The summed E-state index contributed by atoms with van der Waals surface area (Å²) in [5.74, 6) is 0.922. The van der Waals surface area contributed by atoms with Gasteiger partial charge in [-0.05, 0) is 82.8 Å². The third kappa shape index (κ3) is 4.25. The lowest BCUT2D eigenvalue weighted by Crippen LogP contribution is -2.45. The second-order valence-corrected chi connectivity index (χ2v) is 10.1. The highest BCUT2D eigenvalue weighted by molar-refractivity contribution is 6.62. The molecule has 0 amide bonds. The molecule has 0 spiro atoms. The molecule has 30 heavy (non-hydrogen) atoms. The predicted octanol–water partition coefficient (Wildman–Crippen LogP) is 4.78. The summed E-state index contributed by atoms with van der Waals surface area (Å²) in [6.45, 7) is 14.7. The fraction of sp³-hybridized carbons (Fsp3) is 0.600. The summed E-state index contributed by atoms with van der Waals surface area (Å²) in [6.07, 6.45) is 3.93. The SMILES string of the molecule is CC1CCCC(C)N1CCOc1ccc2ccc(B3OC(C)(C)C(C)(C)O3)cc2c1. The summed E-state index contributed by atoms with van der Waals surface area (Å²) in [6, 6.07) is 14.0. The monoisotopic (exact) mass is 409 g/mol. The van der Waals surface area contributed by atoms with Crippen molar-refractivity contribution in [2.45, 2.75) is 84.1 Å². The highest BCUT2D eigenvalue weighted by Gasteiger charge is 2.51. The van der Waals surface area contributed by atoms with Crippen molar-refractivity contribution < 1.29 is 14.0 Å². The van der Waals surface area contributed by atoms with Crippen LogP contribution in [0.2, 0.25) is 0 Å². The van der Waals surface area contributed by atoms with E-state index >= 15 is 0 Å². The van der Waals surface area contributed by atoms with Crippen LogP contribution < -0.4 is 10.2 Å². The maximum Gasteiger partial charge on any atom is 0.494 e. The molecule has 2 heterocycles. The molecule has 5 heteroatoms. The second-order valence-electron chi connectivity index (χ2n) is 10.1. The lowest BCUT2D eigenvalue weighted by Gasteiger charge is -2.38. The molecule has 4 rings (SSSR count). The molecule has 4 nitrogen and oxygen atoms in total. The zero-order valence-corrected chi connectivity index (χ0v) is 19.4. The van der Waals surface area contributed by atoms with Gasteiger partial charge >= 0.3 is 7.12 Å². The van der Waals surface area contributed by atoms with Crippen molar-refractivity contribution in [3.63, 3.8) is 0 Å². The Balaban J connectivity index is 1.45. The summed E-state index contributed by atoms with van der Waals surface area (Å²) < 4.78 is 18.6. The van der Waals surface area contributed by atoms with Crippen LogP contribution >= 0.6 is 0 Å². The van der Waals surface area contributed by atoms with Crippen LogP contribution in [0.1, 0.15) is 60.8 Å². The highest BCUT2D eigenvalue weighted by Crippen LogP contribution is 2.36. The van der Waals surface area contributed by atoms with Gasteiger partial charge in [0.25, 0.3) is 0 Å². The van der Waals surface area contributed by atoms with E-state index in [0.717, 1.165) is 29.8 Å². The van der Waals surface area contributed by atoms with Crippen LogP contribution in [-0.2, 0) is 9.31 Å². The Kier molecular flexibility index (Phi) is 5.91. The van der Waals surface area contributed by atoms with Gasteiger partial charge in [0, 0.05) is 18.6 Å². The summed E-state index contributed by atoms with van der Waals surface area (Å²) in [7, 11) is -0.342. The van der Waals surface area contributed by atoms with E-state index in [1.165, 1.54) is 24.6 Å². The molecule has 0 aliphatic carbocycles. The van der Waals surface area contributed by atoms with Crippen LogP contribution in [0.4, 0.5) is 0 Å². The molecule has 0 aromatic heterocycles. The summed E-state index contributed by atoms with van der Waals surface area (Å²) in [5, 5.41) is 2.35. The maximum atomic E-state index is 6.22. The van der Waals surface area contributed by atoms with Crippen molar-refractivity contribution in [3.05, 3.63) is 36.4 Å². The Morgan fingerprint density at radius 3 is 2.23 bits per heavy atom. The van der Waals surface area contributed by atoms with E-state index in [-0.39, 0.29) is 18.3 Å². The summed E-state index contributed by atoms with van der Waals surface area (Å²) in [5.41, 5.74) is 0.384. The van der Waals surface area contributed by atoms with Crippen LogP contribution in [0.25, 0.3) is 10.8 Å². The highest BCUT2D eigenvalue weighted by atomic mass is 16.7. The van der Waals surface area contributed by atoms with Crippen LogP contribution in [0.3, 0.4) is 0 Å². The average molecular weight is 409 g/mol. The number of fused-ring (bicyclic) bond motifs is 1. The molecule has 2 unspecified atom stereocenters. The minimum atomic E-state index is -0.342. The smallest absolute Gasteiger partial charge is 0.492 e. The number of hydrogen-bond acceptors (Lipinski definition) is 4. The maximum absolute atomic E-state index is 6.22. The lowest BCUT2D eigenvalue weighted by atomic mass is 9.78. The van der Waals surface area contributed by atoms with Crippen molar-refractivity contribution >= 4 is 23.4 Å². The van der Waals surface area contributed by atoms with Gasteiger partial charge < -0.3 is 14.0 Å². The zero-order chi connectivity index (χ0) is 21.5. The number of ether oxygens (including phenoxy) is 1. The fourth-order valence-electron chi connectivity index (χ4n) is 4.64. The van der Waals surface area contributed by atoms with Gasteiger partial charge in [-0.15, -0.1) is 0 Å². The molecule has 0 saturated carbocycles. The van der Waals surface area contributed by atoms with E-state index < -0.39 is 0 Å². The van der Waals surface area contributed by atoms with E-state index in [2.05, 4.69) is 82.8 Å². The predicted molar refractivity (Wildman–Crippen MR) is 125 cm³/mol. The molecule has 2 saturated heterocycles. The van der Waals surface area contributed by atoms with E-state index in [9.17, 15) is 0 Å². The van der Waals surface area contributed by atoms with Gasteiger partial charge in [0.15, 0.2) is 0 Å². The van der Waals surface area contributed by atoms with Gasteiger partial charge in [-0.3, -0.25) is 4.90 Å². The first-order valence-electron chi connectivity index (χ1n) is 11.4. The molecule has 2 fully saturated rings. The van der Waals surface area contributed by atoms with E-state index in [4.69, 9.17) is 14.0 Å². The van der Waals surface area contributed by atoms with Crippen LogP contribution in [-0.4, -0.2) is 48.5 Å². The van der Waals surface area contributed by atoms with Crippen molar-refractivity contribution in [3.8, 4) is 5.75 Å². The first-order chi connectivity index (χ1) is 14.2. The topological polar surface area (TPSA) is 30.9 Å². The zero-order valence-electron chi connectivity index (χ0n) is 19.4. The van der Waals surface area contributed by atoms with Gasteiger partial charge in [0.05, 0.1) is 11.2 Å².